The standard InChI is InChI=1S/C16H19ClN2O/c1-2-9-20-15-8-4-7-14(16(15)18)19-11-12-5-3-6-13(17)10-12/h3-8,10,19H,2,9,11,18H2,1H3. The van der Waals surface area contributed by atoms with Crippen molar-refractivity contribution < 1.29 is 4.74 Å². The second kappa shape index (κ2) is 7.06. The van der Waals surface area contributed by atoms with Gasteiger partial charge in [0.25, 0.3) is 0 Å². The van der Waals surface area contributed by atoms with Gasteiger partial charge in [0.2, 0.25) is 0 Å². The van der Waals surface area contributed by atoms with E-state index in [1.807, 2.05) is 42.5 Å². The Hall–Kier alpha value is -1.87. The highest BCUT2D eigenvalue weighted by atomic mass is 35.5. The first kappa shape index (κ1) is 14.5. The molecule has 0 atom stereocenters. The second-order valence-corrected chi connectivity index (χ2v) is 4.99. The molecule has 0 bridgehead atoms. The lowest BCUT2D eigenvalue weighted by atomic mass is 10.2. The van der Waals surface area contributed by atoms with E-state index in [0.29, 0.717) is 18.8 Å². The maximum atomic E-state index is 6.10. The van der Waals surface area contributed by atoms with E-state index in [4.69, 9.17) is 22.1 Å². The lowest BCUT2D eigenvalue weighted by molar-refractivity contribution is 0.319. The predicted molar refractivity (Wildman–Crippen MR) is 85.4 cm³/mol. The van der Waals surface area contributed by atoms with Gasteiger partial charge in [-0.15, -0.1) is 0 Å². The Labute approximate surface area is 124 Å². The van der Waals surface area contributed by atoms with Gasteiger partial charge in [0, 0.05) is 11.6 Å². The first-order valence-corrected chi connectivity index (χ1v) is 7.08. The molecule has 0 aliphatic rings. The summed E-state index contributed by atoms with van der Waals surface area (Å²) in [5.74, 6) is 0.725. The number of hydrogen-bond donors (Lipinski definition) is 2. The summed E-state index contributed by atoms with van der Waals surface area (Å²) < 4.78 is 5.61. The number of nitrogens with one attached hydrogen (secondary N) is 1. The van der Waals surface area contributed by atoms with Crippen molar-refractivity contribution in [2.75, 3.05) is 17.7 Å². The topological polar surface area (TPSA) is 47.3 Å². The highest BCUT2D eigenvalue weighted by Crippen LogP contribution is 2.29. The Morgan fingerprint density at radius 1 is 1.20 bits per heavy atom. The highest BCUT2D eigenvalue weighted by molar-refractivity contribution is 6.30. The Morgan fingerprint density at radius 3 is 2.75 bits per heavy atom. The highest BCUT2D eigenvalue weighted by Gasteiger charge is 2.05. The number of halogens is 1. The Balaban J connectivity index is 2.06. The minimum Gasteiger partial charge on any atom is -0.491 e. The van der Waals surface area contributed by atoms with E-state index in [1.54, 1.807) is 0 Å². The third kappa shape index (κ3) is 3.81. The van der Waals surface area contributed by atoms with Crippen LogP contribution in [0.15, 0.2) is 42.5 Å². The van der Waals surface area contributed by atoms with Crippen LogP contribution in [-0.2, 0) is 6.54 Å². The number of ether oxygens (including phenoxy) is 1. The summed E-state index contributed by atoms with van der Waals surface area (Å²) in [6.07, 6.45) is 0.958. The molecule has 0 aliphatic carbocycles. The third-order valence-corrected chi connectivity index (χ3v) is 3.13. The molecule has 0 fully saturated rings. The number of rotatable bonds is 6. The van der Waals surface area contributed by atoms with Crippen LogP contribution in [0.2, 0.25) is 5.02 Å². The summed E-state index contributed by atoms with van der Waals surface area (Å²) in [5, 5.41) is 4.04. The molecule has 3 nitrogen and oxygen atoms in total. The molecule has 0 spiro atoms. The fourth-order valence-corrected chi connectivity index (χ4v) is 2.09. The Morgan fingerprint density at radius 2 is 2.00 bits per heavy atom. The van der Waals surface area contributed by atoms with Crippen LogP contribution in [0.1, 0.15) is 18.9 Å². The van der Waals surface area contributed by atoms with E-state index in [2.05, 4.69) is 12.2 Å². The fraction of sp³-hybridized carbons (Fsp3) is 0.250. The quantitative estimate of drug-likeness (QED) is 0.779. The third-order valence-electron chi connectivity index (χ3n) is 2.90. The number of benzene rings is 2. The van der Waals surface area contributed by atoms with Crippen molar-refractivity contribution in [3.63, 3.8) is 0 Å². The van der Waals surface area contributed by atoms with Crippen molar-refractivity contribution in [2.45, 2.75) is 19.9 Å². The number of nitrogens with two attached hydrogens (primary N) is 1. The molecule has 4 heteroatoms. The van der Waals surface area contributed by atoms with Gasteiger partial charge in [-0.25, -0.2) is 0 Å². The second-order valence-electron chi connectivity index (χ2n) is 4.55. The minimum absolute atomic E-state index is 0.642. The van der Waals surface area contributed by atoms with Crippen LogP contribution in [0.5, 0.6) is 5.75 Å². The molecule has 2 aromatic rings. The zero-order valence-electron chi connectivity index (χ0n) is 11.5. The van der Waals surface area contributed by atoms with Crippen LogP contribution in [-0.4, -0.2) is 6.61 Å². The molecule has 0 unspecified atom stereocenters. The first-order chi connectivity index (χ1) is 9.70. The minimum atomic E-state index is 0.642. The van der Waals surface area contributed by atoms with Gasteiger partial charge in [0.1, 0.15) is 5.75 Å². The van der Waals surface area contributed by atoms with Crippen LogP contribution in [0.25, 0.3) is 0 Å². The van der Waals surface area contributed by atoms with Gasteiger partial charge in [0.05, 0.1) is 18.0 Å². The van der Waals surface area contributed by atoms with E-state index in [0.717, 1.165) is 28.4 Å². The largest absolute Gasteiger partial charge is 0.491 e. The van der Waals surface area contributed by atoms with Crippen LogP contribution in [0.4, 0.5) is 11.4 Å². The molecular weight excluding hydrogens is 272 g/mol. The van der Waals surface area contributed by atoms with Crippen LogP contribution in [0.3, 0.4) is 0 Å². The van der Waals surface area contributed by atoms with E-state index in [9.17, 15) is 0 Å². The van der Waals surface area contributed by atoms with Gasteiger partial charge < -0.3 is 15.8 Å². The zero-order chi connectivity index (χ0) is 14.4. The van der Waals surface area contributed by atoms with Crippen molar-refractivity contribution >= 4 is 23.0 Å². The molecule has 2 rings (SSSR count). The SMILES string of the molecule is CCCOc1cccc(NCc2cccc(Cl)c2)c1N. The predicted octanol–water partition coefficient (Wildman–Crippen LogP) is 4.32. The summed E-state index contributed by atoms with van der Waals surface area (Å²) in [4.78, 5) is 0. The van der Waals surface area contributed by atoms with Crippen LogP contribution in [0, 0.1) is 0 Å². The molecule has 0 saturated heterocycles. The van der Waals surface area contributed by atoms with E-state index < -0.39 is 0 Å². The summed E-state index contributed by atoms with van der Waals surface area (Å²) in [6.45, 7) is 3.40. The molecular formula is C16H19ClN2O. The van der Waals surface area contributed by atoms with Crippen molar-refractivity contribution in [1.82, 2.24) is 0 Å². The molecule has 2 aromatic carbocycles. The number of hydrogen-bond acceptors (Lipinski definition) is 3. The lowest BCUT2D eigenvalue weighted by Crippen LogP contribution is -2.05. The van der Waals surface area contributed by atoms with Gasteiger partial charge in [0.15, 0.2) is 0 Å². The van der Waals surface area contributed by atoms with Crippen molar-refractivity contribution in [3.05, 3.63) is 53.1 Å². The normalized spacial score (nSPS) is 10.3. The molecule has 0 radical (unpaired) electrons. The molecule has 0 aromatic heterocycles. The lowest BCUT2D eigenvalue weighted by Gasteiger charge is -2.13. The molecule has 106 valence electrons. The van der Waals surface area contributed by atoms with Gasteiger partial charge in [-0.05, 0) is 36.2 Å². The van der Waals surface area contributed by atoms with Crippen molar-refractivity contribution in [3.8, 4) is 5.75 Å². The smallest absolute Gasteiger partial charge is 0.144 e. The maximum Gasteiger partial charge on any atom is 0.144 e. The molecule has 20 heavy (non-hydrogen) atoms. The monoisotopic (exact) mass is 290 g/mol. The van der Waals surface area contributed by atoms with Gasteiger partial charge >= 0.3 is 0 Å². The Kier molecular flexibility index (Phi) is 5.13. The molecule has 3 N–H and O–H groups in total. The van der Waals surface area contributed by atoms with Crippen LogP contribution < -0.4 is 15.8 Å². The van der Waals surface area contributed by atoms with E-state index in [-0.39, 0.29) is 0 Å². The van der Waals surface area contributed by atoms with E-state index in [1.165, 1.54) is 0 Å². The maximum absolute atomic E-state index is 6.10. The molecule has 0 amide bonds. The summed E-state index contributed by atoms with van der Waals surface area (Å²) >= 11 is 5.97. The van der Waals surface area contributed by atoms with Gasteiger partial charge in [-0.1, -0.05) is 36.7 Å². The molecule has 0 saturated carbocycles. The number of para-hydroxylation sites is 1. The summed E-state index contributed by atoms with van der Waals surface area (Å²) in [7, 11) is 0. The number of anilines is 2. The van der Waals surface area contributed by atoms with E-state index >= 15 is 0 Å². The molecule has 0 aliphatic heterocycles. The number of nitrogen functional groups attached to an aromatic ring is 1. The fourth-order valence-electron chi connectivity index (χ4n) is 1.88. The van der Waals surface area contributed by atoms with Crippen molar-refractivity contribution in [2.24, 2.45) is 0 Å². The summed E-state index contributed by atoms with van der Waals surface area (Å²) in [5.41, 5.74) is 8.73. The zero-order valence-corrected chi connectivity index (χ0v) is 12.3. The average molecular weight is 291 g/mol. The van der Waals surface area contributed by atoms with Crippen LogP contribution >= 0.6 is 11.6 Å². The van der Waals surface area contributed by atoms with Gasteiger partial charge in [-0.3, -0.25) is 0 Å². The van der Waals surface area contributed by atoms with Crippen molar-refractivity contribution in [1.29, 1.82) is 0 Å². The average Bonchev–Trinajstić information content (AvgIpc) is 2.45. The molecule has 0 heterocycles. The first-order valence-electron chi connectivity index (χ1n) is 6.70. The summed E-state index contributed by atoms with van der Waals surface area (Å²) in [6, 6.07) is 13.5. The Bertz CT molecular complexity index is 572. The van der Waals surface area contributed by atoms with Gasteiger partial charge in [-0.2, -0.15) is 0 Å².